The molecule has 1 aromatic carbocycles. The fourth-order valence-electron chi connectivity index (χ4n) is 1.80. The number of ether oxygens (including phenoxy) is 1. The number of aromatic nitrogens is 4. The van der Waals surface area contributed by atoms with Crippen molar-refractivity contribution in [2.45, 2.75) is 40.2 Å². The second-order valence-electron chi connectivity index (χ2n) is 5.15. The second-order valence-corrected chi connectivity index (χ2v) is 5.15. The number of tetrazole rings is 1. The smallest absolute Gasteiger partial charge is 0.270 e. The van der Waals surface area contributed by atoms with E-state index in [1.807, 2.05) is 32.0 Å². The van der Waals surface area contributed by atoms with Crippen LogP contribution in [0.2, 0.25) is 0 Å². The molecule has 0 fully saturated rings. The predicted octanol–water partition coefficient (Wildman–Crippen LogP) is 2.11. The van der Waals surface area contributed by atoms with Crippen LogP contribution < -0.4 is 10.1 Å². The van der Waals surface area contributed by atoms with Crippen LogP contribution in [0.25, 0.3) is 0 Å². The summed E-state index contributed by atoms with van der Waals surface area (Å²) in [7, 11) is 0. The minimum absolute atomic E-state index is 0.0913. The van der Waals surface area contributed by atoms with Gasteiger partial charge in [-0.3, -0.25) is 10.1 Å². The summed E-state index contributed by atoms with van der Waals surface area (Å²) in [4.78, 5) is 13.3. The number of aryl methyl sites for hydroxylation is 3. The molecule has 0 spiro atoms. The summed E-state index contributed by atoms with van der Waals surface area (Å²) in [5.41, 5.74) is 2.31. The summed E-state index contributed by atoms with van der Waals surface area (Å²) in [5, 5.41) is 14.3. The van der Waals surface area contributed by atoms with Crippen molar-refractivity contribution in [3.05, 3.63) is 29.3 Å². The Kier molecular flexibility index (Phi) is 5.46. The van der Waals surface area contributed by atoms with Gasteiger partial charge in [0, 0.05) is 0 Å². The van der Waals surface area contributed by atoms with E-state index in [1.165, 1.54) is 10.4 Å². The van der Waals surface area contributed by atoms with Gasteiger partial charge in [0.15, 0.2) is 6.61 Å². The van der Waals surface area contributed by atoms with Crippen molar-refractivity contribution in [3.8, 4) is 5.75 Å². The lowest BCUT2D eigenvalue weighted by atomic mass is 10.1. The summed E-state index contributed by atoms with van der Waals surface area (Å²) in [6.07, 6.45) is 2.02. The number of carbonyl (C=O) groups is 1. The van der Waals surface area contributed by atoms with Crippen LogP contribution in [0.3, 0.4) is 0 Å². The number of hydrogen-bond acceptors (Lipinski definition) is 5. The highest BCUT2D eigenvalue weighted by Gasteiger charge is 2.08. The third-order valence-electron chi connectivity index (χ3n) is 3.26. The number of unbranched alkanes of at least 4 members (excludes halogenated alkanes) is 1. The number of nitrogens with one attached hydrogen (secondary N) is 1. The summed E-state index contributed by atoms with van der Waals surface area (Å²) in [5.74, 6) is 0.552. The maximum absolute atomic E-state index is 11.8. The van der Waals surface area contributed by atoms with E-state index < -0.39 is 0 Å². The Labute approximate surface area is 129 Å². The molecule has 0 saturated heterocycles. The Morgan fingerprint density at radius 3 is 2.86 bits per heavy atom. The molecule has 1 heterocycles. The van der Waals surface area contributed by atoms with Gasteiger partial charge in [-0.25, -0.2) is 0 Å². The molecular formula is C15H21N5O2. The topological polar surface area (TPSA) is 81.9 Å². The molecule has 0 aliphatic rings. The van der Waals surface area contributed by atoms with Crippen molar-refractivity contribution >= 4 is 11.9 Å². The maximum atomic E-state index is 11.8. The van der Waals surface area contributed by atoms with Crippen molar-refractivity contribution < 1.29 is 9.53 Å². The van der Waals surface area contributed by atoms with Gasteiger partial charge in [0.25, 0.3) is 11.9 Å². The molecule has 2 aromatic rings. The third kappa shape index (κ3) is 4.54. The van der Waals surface area contributed by atoms with Crippen LogP contribution in [-0.2, 0) is 11.3 Å². The molecule has 2 rings (SSSR count). The van der Waals surface area contributed by atoms with Crippen LogP contribution in [0.5, 0.6) is 5.75 Å². The van der Waals surface area contributed by atoms with Gasteiger partial charge in [-0.05, 0) is 48.7 Å². The molecule has 0 bridgehead atoms. The Balaban J connectivity index is 1.82. The molecule has 7 nitrogen and oxygen atoms in total. The van der Waals surface area contributed by atoms with Crippen molar-refractivity contribution in [2.24, 2.45) is 0 Å². The van der Waals surface area contributed by atoms with Crippen molar-refractivity contribution in [3.63, 3.8) is 0 Å². The number of carbonyl (C=O) groups excluding carboxylic acids is 1. The zero-order valence-corrected chi connectivity index (χ0v) is 13.2. The molecule has 1 amide bonds. The van der Waals surface area contributed by atoms with E-state index in [1.54, 1.807) is 0 Å². The second kappa shape index (κ2) is 7.53. The molecule has 0 atom stereocenters. The lowest BCUT2D eigenvalue weighted by molar-refractivity contribution is -0.118. The van der Waals surface area contributed by atoms with E-state index in [0.717, 1.165) is 18.4 Å². The number of amides is 1. The lowest BCUT2D eigenvalue weighted by Crippen LogP contribution is -2.21. The normalized spacial score (nSPS) is 10.5. The van der Waals surface area contributed by atoms with Gasteiger partial charge in [-0.15, -0.1) is 5.10 Å². The van der Waals surface area contributed by atoms with Gasteiger partial charge >= 0.3 is 0 Å². The summed E-state index contributed by atoms with van der Waals surface area (Å²) in [6, 6.07) is 5.71. The minimum Gasteiger partial charge on any atom is -0.484 e. The molecular weight excluding hydrogens is 282 g/mol. The highest BCUT2D eigenvalue weighted by molar-refractivity contribution is 5.90. The molecule has 118 valence electrons. The van der Waals surface area contributed by atoms with Crippen LogP contribution in [0.1, 0.15) is 30.9 Å². The largest absolute Gasteiger partial charge is 0.484 e. The average molecular weight is 303 g/mol. The molecule has 22 heavy (non-hydrogen) atoms. The first-order chi connectivity index (χ1) is 10.6. The van der Waals surface area contributed by atoms with E-state index in [4.69, 9.17) is 4.74 Å². The lowest BCUT2D eigenvalue weighted by Gasteiger charge is -2.07. The molecule has 0 aliphatic heterocycles. The first kappa shape index (κ1) is 15.9. The van der Waals surface area contributed by atoms with E-state index in [2.05, 4.69) is 27.7 Å². The average Bonchev–Trinajstić information content (AvgIpc) is 2.94. The van der Waals surface area contributed by atoms with E-state index >= 15 is 0 Å². The highest BCUT2D eigenvalue weighted by Crippen LogP contribution is 2.16. The van der Waals surface area contributed by atoms with Crippen LogP contribution in [0.4, 0.5) is 5.95 Å². The fourth-order valence-corrected chi connectivity index (χ4v) is 1.80. The summed E-state index contributed by atoms with van der Waals surface area (Å²) < 4.78 is 5.45. The predicted molar refractivity (Wildman–Crippen MR) is 82.8 cm³/mol. The van der Waals surface area contributed by atoms with Gasteiger partial charge in [-0.2, -0.15) is 4.80 Å². The van der Waals surface area contributed by atoms with Gasteiger partial charge < -0.3 is 4.74 Å². The van der Waals surface area contributed by atoms with Crippen LogP contribution in [0.15, 0.2) is 18.2 Å². The first-order valence-corrected chi connectivity index (χ1v) is 7.36. The van der Waals surface area contributed by atoms with Gasteiger partial charge in [-0.1, -0.05) is 24.5 Å². The SMILES string of the molecule is CCCCn1nnc(NC(=O)COc2ccc(C)c(C)c2)n1. The van der Waals surface area contributed by atoms with E-state index in [0.29, 0.717) is 12.3 Å². The fraction of sp³-hybridized carbons (Fsp3) is 0.467. The van der Waals surface area contributed by atoms with Crippen LogP contribution in [-0.4, -0.2) is 32.7 Å². The van der Waals surface area contributed by atoms with E-state index in [9.17, 15) is 4.79 Å². The molecule has 0 aliphatic carbocycles. The highest BCUT2D eigenvalue weighted by atomic mass is 16.5. The molecule has 1 aromatic heterocycles. The molecule has 7 heteroatoms. The minimum atomic E-state index is -0.312. The number of benzene rings is 1. The van der Waals surface area contributed by atoms with Crippen molar-refractivity contribution in [1.82, 2.24) is 20.2 Å². The molecule has 0 radical (unpaired) electrons. The molecule has 1 N–H and O–H groups in total. The Morgan fingerprint density at radius 1 is 1.32 bits per heavy atom. The van der Waals surface area contributed by atoms with Gasteiger partial charge in [0.05, 0.1) is 6.54 Å². The number of nitrogens with zero attached hydrogens (tertiary/aromatic N) is 4. The van der Waals surface area contributed by atoms with E-state index in [-0.39, 0.29) is 18.5 Å². The summed E-state index contributed by atoms with van der Waals surface area (Å²) >= 11 is 0. The zero-order chi connectivity index (χ0) is 15.9. The van der Waals surface area contributed by atoms with Crippen LogP contribution in [0, 0.1) is 13.8 Å². The van der Waals surface area contributed by atoms with Crippen molar-refractivity contribution in [2.75, 3.05) is 11.9 Å². The Morgan fingerprint density at radius 2 is 2.14 bits per heavy atom. The maximum Gasteiger partial charge on any atom is 0.270 e. The van der Waals surface area contributed by atoms with Gasteiger partial charge in [0.1, 0.15) is 5.75 Å². The Hall–Kier alpha value is -2.44. The quantitative estimate of drug-likeness (QED) is 0.847. The first-order valence-electron chi connectivity index (χ1n) is 7.36. The zero-order valence-electron chi connectivity index (χ0n) is 13.2. The third-order valence-corrected chi connectivity index (χ3v) is 3.26. The van der Waals surface area contributed by atoms with Gasteiger partial charge in [0.2, 0.25) is 0 Å². The van der Waals surface area contributed by atoms with Crippen molar-refractivity contribution in [1.29, 1.82) is 0 Å². The Bertz CT molecular complexity index is 639. The number of anilines is 1. The number of hydrogen-bond donors (Lipinski definition) is 1. The number of rotatable bonds is 7. The standard InChI is InChI=1S/C15H21N5O2/c1-4-5-8-20-18-15(17-19-20)16-14(21)10-22-13-7-6-11(2)12(3)9-13/h6-7,9H,4-5,8,10H2,1-3H3,(H,16,18,21). The molecule has 0 saturated carbocycles. The summed E-state index contributed by atoms with van der Waals surface area (Å²) in [6.45, 7) is 6.72. The monoisotopic (exact) mass is 303 g/mol. The molecule has 0 unspecified atom stereocenters. The van der Waals surface area contributed by atoms with Crippen LogP contribution >= 0.6 is 0 Å².